The molecule has 0 heterocycles. The van der Waals surface area contributed by atoms with Gasteiger partial charge in [-0.3, -0.25) is 0 Å². The van der Waals surface area contributed by atoms with Crippen LogP contribution in [0.4, 0.5) is 0 Å². The van der Waals surface area contributed by atoms with Crippen LogP contribution in [0.1, 0.15) is 12.5 Å². The van der Waals surface area contributed by atoms with Gasteiger partial charge in [0.2, 0.25) is 0 Å². The van der Waals surface area contributed by atoms with Gasteiger partial charge >= 0.3 is 0 Å². The lowest BCUT2D eigenvalue weighted by Crippen LogP contribution is -2.02. The summed E-state index contributed by atoms with van der Waals surface area (Å²) in [6.45, 7) is 7.05. The minimum Gasteiger partial charge on any atom is -0.147 e. The molecule has 0 radical (unpaired) electrons. The molecule has 0 spiro atoms. The smallest absolute Gasteiger partial charge is 0.0202 e. The molecule has 0 fully saturated rings. The molecule has 0 amide bonds. The van der Waals surface area contributed by atoms with E-state index in [1.165, 1.54) is 12.0 Å². The van der Waals surface area contributed by atoms with Crippen LogP contribution in [-0.2, 0) is 6.42 Å². The first-order valence-electron chi connectivity index (χ1n) is 4.40. The normalized spacial score (nSPS) is 12.3. The number of halogens is 1. The largest absolute Gasteiger partial charge is 0.147 e. The Morgan fingerprint density at radius 3 is 2.15 bits per heavy atom. The summed E-state index contributed by atoms with van der Waals surface area (Å²) in [5.41, 5.74) is 2.32. The van der Waals surface area contributed by atoms with E-state index in [9.17, 15) is 0 Å². The first kappa shape index (κ1) is 12.9. The summed E-state index contributed by atoms with van der Waals surface area (Å²) in [5, 5.41) is 0. The van der Waals surface area contributed by atoms with Crippen LogP contribution >= 0.6 is 20.3 Å². The zero-order valence-electron chi connectivity index (χ0n) is 8.53. The summed E-state index contributed by atoms with van der Waals surface area (Å²) in [4.78, 5) is 0. The molecule has 0 aliphatic rings. The Kier molecular flexibility index (Phi) is 6.37. The van der Waals surface area contributed by atoms with Crippen molar-refractivity contribution in [1.82, 2.24) is 0 Å². The predicted octanol–water partition coefficient (Wildman–Crippen LogP) is 3.78. The second-order valence-electron chi connectivity index (χ2n) is 3.50. The first-order chi connectivity index (χ1) is 5.70. The Hall–Kier alpha value is -0.0600. The first-order valence-corrected chi connectivity index (χ1v) is 6.71. The molecule has 0 N–H and O–H groups in total. The van der Waals surface area contributed by atoms with Gasteiger partial charge < -0.3 is 0 Å². The summed E-state index contributed by atoms with van der Waals surface area (Å²) in [6.07, 6.45) is 1.24. The van der Waals surface area contributed by atoms with Gasteiger partial charge in [-0.25, -0.2) is 0 Å². The molecule has 1 unspecified atom stereocenters. The minimum absolute atomic E-state index is 0. The zero-order valence-corrected chi connectivity index (χ0v) is 10.2. The standard InChI is InChI=1S/C11H17P.ClH/c1-10(12(2)3)9-11-7-5-4-6-8-11;/h4-8,10H,9H2,1-3H3;1H. The van der Waals surface area contributed by atoms with Gasteiger partial charge in [-0.05, 0) is 31.0 Å². The van der Waals surface area contributed by atoms with Crippen LogP contribution in [0, 0.1) is 0 Å². The van der Waals surface area contributed by atoms with Crippen molar-refractivity contribution in [3.8, 4) is 0 Å². The molecule has 1 aromatic rings. The minimum atomic E-state index is 0. The molecule has 74 valence electrons. The molecule has 1 atom stereocenters. The molecular formula is C11H18ClP. The quantitative estimate of drug-likeness (QED) is 0.675. The second-order valence-corrected chi connectivity index (χ2v) is 6.31. The maximum Gasteiger partial charge on any atom is -0.0202 e. The lowest BCUT2D eigenvalue weighted by molar-refractivity contribution is 0.931. The van der Waals surface area contributed by atoms with E-state index in [-0.39, 0.29) is 20.3 Å². The van der Waals surface area contributed by atoms with Gasteiger partial charge in [-0.15, -0.1) is 20.3 Å². The lowest BCUT2D eigenvalue weighted by Gasteiger charge is -2.15. The predicted molar refractivity (Wildman–Crippen MR) is 65.6 cm³/mol. The van der Waals surface area contributed by atoms with Crippen molar-refractivity contribution in [3.63, 3.8) is 0 Å². The van der Waals surface area contributed by atoms with Crippen LogP contribution < -0.4 is 0 Å². The van der Waals surface area contributed by atoms with Gasteiger partial charge in [0.25, 0.3) is 0 Å². The second kappa shape index (κ2) is 6.40. The third-order valence-electron chi connectivity index (χ3n) is 2.26. The molecule has 13 heavy (non-hydrogen) atoms. The Labute approximate surface area is 88.9 Å². The molecule has 0 nitrogen and oxygen atoms in total. The molecule has 0 aromatic heterocycles. The summed E-state index contributed by atoms with van der Waals surface area (Å²) < 4.78 is 0. The molecule has 0 saturated heterocycles. The number of rotatable bonds is 3. The Balaban J connectivity index is 0.00000144. The SMILES string of the molecule is CC(Cc1ccccc1)P(C)C.Cl. The fraction of sp³-hybridized carbons (Fsp3) is 0.455. The molecule has 0 saturated carbocycles. The fourth-order valence-electron chi connectivity index (χ4n) is 1.14. The highest BCUT2D eigenvalue weighted by molar-refractivity contribution is 7.56. The third kappa shape index (κ3) is 4.64. The highest BCUT2D eigenvalue weighted by atomic mass is 35.5. The molecule has 2 heteroatoms. The van der Waals surface area contributed by atoms with Crippen molar-refractivity contribution in [1.29, 1.82) is 0 Å². The van der Waals surface area contributed by atoms with Gasteiger partial charge in [0.15, 0.2) is 0 Å². The molecular weight excluding hydrogens is 199 g/mol. The molecule has 1 rings (SSSR count). The maximum atomic E-state index is 2.35. The highest BCUT2D eigenvalue weighted by Gasteiger charge is 2.06. The van der Waals surface area contributed by atoms with Crippen LogP contribution in [-0.4, -0.2) is 19.0 Å². The molecule has 0 aliphatic carbocycles. The van der Waals surface area contributed by atoms with Crippen LogP contribution in [0.25, 0.3) is 0 Å². The fourth-order valence-corrected chi connectivity index (χ4v) is 1.71. The van der Waals surface area contributed by atoms with Crippen molar-refractivity contribution >= 4 is 20.3 Å². The van der Waals surface area contributed by atoms with E-state index in [0.717, 1.165) is 5.66 Å². The van der Waals surface area contributed by atoms with E-state index in [2.05, 4.69) is 50.6 Å². The summed E-state index contributed by atoms with van der Waals surface area (Å²) in [6, 6.07) is 10.8. The summed E-state index contributed by atoms with van der Waals surface area (Å²) in [7, 11) is 0.215. The van der Waals surface area contributed by atoms with E-state index >= 15 is 0 Å². The van der Waals surface area contributed by atoms with E-state index in [4.69, 9.17) is 0 Å². The van der Waals surface area contributed by atoms with Crippen molar-refractivity contribution in [2.45, 2.75) is 19.0 Å². The lowest BCUT2D eigenvalue weighted by atomic mass is 10.1. The third-order valence-corrected chi connectivity index (χ3v) is 4.20. The van der Waals surface area contributed by atoms with Gasteiger partial charge in [0.1, 0.15) is 0 Å². The Bertz CT molecular complexity index is 221. The number of hydrogen-bond acceptors (Lipinski definition) is 0. The average Bonchev–Trinajstić information content (AvgIpc) is 2.06. The monoisotopic (exact) mass is 216 g/mol. The molecule has 0 aliphatic heterocycles. The average molecular weight is 217 g/mol. The summed E-state index contributed by atoms with van der Waals surface area (Å²) in [5.74, 6) is 0. The van der Waals surface area contributed by atoms with Crippen molar-refractivity contribution < 1.29 is 0 Å². The summed E-state index contributed by atoms with van der Waals surface area (Å²) >= 11 is 0. The topological polar surface area (TPSA) is 0 Å². The number of hydrogen-bond donors (Lipinski definition) is 0. The highest BCUT2D eigenvalue weighted by Crippen LogP contribution is 2.33. The van der Waals surface area contributed by atoms with Crippen molar-refractivity contribution in [3.05, 3.63) is 35.9 Å². The molecule has 0 bridgehead atoms. The van der Waals surface area contributed by atoms with Crippen molar-refractivity contribution in [2.24, 2.45) is 0 Å². The van der Waals surface area contributed by atoms with Crippen LogP contribution in [0.15, 0.2) is 30.3 Å². The van der Waals surface area contributed by atoms with Gasteiger partial charge in [-0.2, -0.15) is 0 Å². The van der Waals surface area contributed by atoms with Crippen LogP contribution in [0.2, 0.25) is 0 Å². The molecule has 1 aromatic carbocycles. The number of benzene rings is 1. The van der Waals surface area contributed by atoms with E-state index in [1.54, 1.807) is 0 Å². The van der Waals surface area contributed by atoms with E-state index in [0.29, 0.717) is 0 Å². The van der Waals surface area contributed by atoms with Gasteiger partial charge in [0.05, 0.1) is 0 Å². The van der Waals surface area contributed by atoms with Crippen LogP contribution in [0.5, 0.6) is 0 Å². The van der Waals surface area contributed by atoms with Crippen molar-refractivity contribution in [2.75, 3.05) is 13.3 Å². The van der Waals surface area contributed by atoms with Gasteiger partial charge in [0, 0.05) is 0 Å². The van der Waals surface area contributed by atoms with E-state index in [1.807, 2.05) is 0 Å². The van der Waals surface area contributed by atoms with Crippen LogP contribution in [0.3, 0.4) is 0 Å². The van der Waals surface area contributed by atoms with E-state index < -0.39 is 0 Å². The Morgan fingerprint density at radius 2 is 1.69 bits per heavy atom. The maximum absolute atomic E-state index is 2.35. The van der Waals surface area contributed by atoms with Gasteiger partial charge in [-0.1, -0.05) is 37.3 Å². The Morgan fingerprint density at radius 1 is 1.15 bits per heavy atom. The zero-order chi connectivity index (χ0) is 8.97.